The molecular formula is C21H30N6. The summed E-state index contributed by atoms with van der Waals surface area (Å²) in [6.45, 7) is 8.55. The lowest BCUT2D eigenvalue weighted by Gasteiger charge is -2.36. The molecule has 3 aliphatic rings. The minimum absolute atomic E-state index is 0.623. The summed E-state index contributed by atoms with van der Waals surface area (Å²) >= 11 is 0. The van der Waals surface area contributed by atoms with Gasteiger partial charge in [-0.2, -0.15) is 0 Å². The van der Waals surface area contributed by atoms with Crippen molar-refractivity contribution in [3.8, 4) is 0 Å². The number of nitrogens with zero attached hydrogens (tertiary/aromatic N) is 5. The molecule has 5 rings (SSSR count). The summed E-state index contributed by atoms with van der Waals surface area (Å²) in [5, 5.41) is 3.24. The number of piperidine rings is 1. The first kappa shape index (κ1) is 18.3. The molecule has 2 aromatic heterocycles. The van der Waals surface area contributed by atoms with Gasteiger partial charge in [0.05, 0.1) is 0 Å². The molecule has 1 N–H and O–H groups in total. The zero-order chi connectivity index (χ0) is 18.5. The first-order valence-electron chi connectivity index (χ1n) is 10.2. The second kappa shape index (κ2) is 8.76. The second-order valence-corrected chi connectivity index (χ2v) is 7.92. The van der Waals surface area contributed by atoms with Crippen LogP contribution in [0.15, 0.2) is 36.9 Å². The number of nitrogens with one attached hydrogen (secondary N) is 1. The fourth-order valence-electron chi connectivity index (χ4n) is 4.35. The molecule has 3 aliphatic heterocycles. The van der Waals surface area contributed by atoms with E-state index in [9.17, 15) is 0 Å². The third-order valence-electron chi connectivity index (χ3n) is 5.66. The highest BCUT2D eigenvalue weighted by Crippen LogP contribution is 2.29. The Bertz CT molecular complexity index is 704. The molecule has 6 heteroatoms. The van der Waals surface area contributed by atoms with Gasteiger partial charge in [-0.3, -0.25) is 14.8 Å². The lowest BCUT2D eigenvalue weighted by molar-refractivity contribution is 0.123. The van der Waals surface area contributed by atoms with Crippen LogP contribution in [0.1, 0.15) is 37.3 Å². The van der Waals surface area contributed by atoms with Crippen molar-refractivity contribution in [1.82, 2.24) is 24.8 Å². The van der Waals surface area contributed by atoms with Gasteiger partial charge in [-0.15, -0.1) is 0 Å². The summed E-state index contributed by atoms with van der Waals surface area (Å²) in [4.78, 5) is 18.5. The number of aromatic nitrogens is 3. The Morgan fingerprint density at radius 2 is 1.93 bits per heavy atom. The Kier molecular flexibility index (Phi) is 5.94. The summed E-state index contributed by atoms with van der Waals surface area (Å²) in [5.74, 6) is 1.49. The normalized spacial score (nSPS) is 23.3. The van der Waals surface area contributed by atoms with Gasteiger partial charge in [0, 0.05) is 75.7 Å². The number of anilines is 1. The van der Waals surface area contributed by atoms with Crippen molar-refractivity contribution in [2.45, 2.75) is 45.3 Å². The van der Waals surface area contributed by atoms with Crippen LogP contribution < -0.4 is 5.32 Å². The maximum Gasteiger partial charge on any atom is 0.222 e. The predicted octanol–water partition coefficient (Wildman–Crippen LogP) is 2.79. The van der Waals surface area contributed by atoms with Gasteiger partial charge in [0.15, 0.2) is 0 Å². The highest BCUT2D eigenvalue weighted by atomic mass is 15.3. The molecule has 0 unspecified atom stereocenters. The van der Waals surface area contributed by atoms with Crippen LogP contribution in [0, 0.1) is 5.92 Å². The Labute approximate surface area is 162 Å². The van der Waals surface area contributed by atoms with Crippen LogP contribution in [0.5, 0.6) is 0 Å². The number of fused-ring (bicyclic) bond motifs is 4. The van der Waals surface area contributed by atoms with Gasteiger partial charge in [0.1, 0.15) is 0 Å². The second-order valence-electron chi connectivity index (χ2n) is 7.92. The monoisotopic (exact) mass is 366 g/mol. The van der Waals surface area contributed by atoms with Crippen molar-refractivity contribution < 1.29 is 0 Å². The van der Waals surface area contributed by atoms with Crippen molar-refractivity contribution in [1.29, 1.82) is 0 Å². The average Bonchev–Trinajstić information content (AvgIpc) is 2.99. The van der Waals surface area contributed by atoms with Crippen molar-refractivity contribution >= 4 is 5.95 Å². The van der Waals surface area contributed by atoms with E-state index in [2.05, 4.69) is 43.1 Å². The number of hydrogen-bond acceptors (Lipinski definition) is 6. The van der Waals surface area contributed by atoms with Crippen LogP contribution in [-0.4, -0.2) is 57.0 Å². The highest BCUT2D eigenvalue weighted by Gasteiger charge is 2.34. The molecule has 2 aromatic rings. The van der Waals surface area contributed by atoms with Gasteiger partial charge < -0.3 is 5.32 Å². The molecule has 3 fully saturated rings. The van der Waals surface area contributed by atoms with E-state index < -0.39 is 0 Å². The summed E-state index contributed by atoms with van der Waals surface area (Å²) in [7, 11) is 0. The summed E-state index contributed by atoms with van der Waals surface area (Å²) in [6.07, 6.45) is 11.5. The van der Waals surface area contributed by atoms with Gasteiger partial charge in [-0.05, 0) is 36.8 Å². The van der Waals surface area contributed by atoms with Gasteiger partial charge in [-0.25, -0.2) is 9.97 Å². The Morgan fingerprint density at radius 3 is 2.70 bits per heavy atom. The number of pyridine rings is 1. The van der Waals surface area contributed by atoms with Gasteiger partial charge in [0.25, 0.3) is 0 Å². The van der Waals surface area contributed by atoms with Crippen molar-refractivity contribution in [2.75, 3.05) is 31.5 Å². The molecule has 0 aliphatic carbocycles. The zero-order valence-corrected chi connectivity index (χ0v) is 16.2. The largest absolute Gasteiger partial charge is 0.354 e. The van der Waals surface area contributed by atoms with Crippen molar-refractivity contribution in [3.05, 3.63) is 48.0 Å². The van der Waals surface area contributed by atoms with Crippen molar-refractivity contribution in [3.63, 3.8) is 0 Å². The van der Waals surface area contributed by atoms with Crippen molar-refractivity contribution in [2.24, 2.45) is 5.92 Å². The van der Waals surface area contributed by atoms with E-state index in [1.165, 1.54) is 37.1 Å². The molecule has 3 saturated heterocycles. The minimum Gasteiger partial charge on any atom is -0.354 e. The topological polar surface area (TPSA) is 57.2 Å². The molecule has 2 atom stereocenters. The smallest absolute Gasteiger partial charge is 0.222 e. The van der Waals surface area contributed by atoms with Gasteiger partial charge in [0.2, 0.25) is 5.95 Å². The summed E-state index contributed by atoms with van der Waals surface area (Å²) in [5.41, 5.74) is 2.53. The minimum atomic E-state index is 0.623. The van der Waals surface area contributed by atoms with E-state index in [-0.39, 0.29) is 0 Å². The van der Waals surface area contributed by atoms with Crippen LogP contribution in [0.2, 0.25) is 0 Å². The third kappa shape index (κ3) is 4.82. The lowest BCUT2D eigenvalue weighted by atomic mass is 9.95. The van der Waals surface area contributed by atoms with Crippen LogP contribution in [-0.2, 0) is 13.1 Å². The van der Waals surface area contributed by atoms with E-state index in [4.69, 9.17) is 0 Å². The van der Waals surface area contributed by atoms with Crippen LogP contribution in [0.25, 0.3) is 0 Å². The molecule has 0 amide bonds. The molecule has 6 nitrogen and oxygen atoms in total. The maximum atomic E-state index is 4.47. The molecule has 0 saturated carbocycles. The van der Waals surface area contributed by atoms with Crippen LogP contribution >= 0.6 is 0 Å². The first-order valence-corrected chi connectivity index (χ1v) is 10.2. The quantitative estimate of drug-likeness (QED) is 0.813. The molecule has 144 valence electrons. The highest BCUT2D eigenvalue weighted by molar-refractivity contribution is 5.24. The van der Waals surface area contributed by atoms with Crippen LogP contribution in [0.4, 0.5) is 5.95 Å². The SMILES string of the molecule is CCCNc1ncc(CN2C[C@H]3CC[C@@H]2CN(Cc2cccnc2)C3)cn1. The Morgan fingerprint density at radius 1 is 1.04 bits per heavy atom. The fraction of sp³-hybridized carbons (Fsp3) is 0.571. The van der Waals surface area contributed by atoms with Crippen LogP contribution in [0.3, 0.4) is 0 Å². The fourth-order valence-corrected chi connectivity index (χ4v) is 4.35. The Balaban J connectivity index is 1.37. The molecular weight excluding hydrogens is 336 g/mol. The van der Waals surface area contributed by atoms with Gasteiger partial charge in [-0.1, -0.05) is 13.0 Å². The molecule has 5 heterocycles. The zero-order valence-electron chi connectivity index (χ0n) is 16.2. The van der Waals surface area contributed by atoms with E-state index in [0.29, 0.717) is 6.04 Å². The Hall–Kier alpha value is -2.05. The summed E-state index contributed by atoms with van der Waals surface area (Å²) < 4.78 is 0. The predicted molar refractivity (Wildman–Crippen MR) is 107 cm³/mol. The van der Waals surface area contributed by atoms with Gasteiger partial charge >= 0.3 is 0 Å². The average molecular weight is 367 g/mol. The molecule has 27 heavy (non-hydrogen) atoms. The van der Waals surface area contributed by atoms with E-state index in [1.807, 2.05) is 30.9 Å². The molecule has 0 spiro atoms. The van der Waals surface area contributed by atoms with E-state index in [0.717, 1.165) is 44.5 Å². The number of hydrogen-bond donors (Lipinski definition) is 1. The lowest BCUT2D eigenvalue weighted by Crippen LogP contribution is -2.43. The molecule has 0 aromatic carbocycles. The molecule has 0 radical (unpaired) electrons. The number of rotatable bonds is 7. The van der Waals surface area contributed by atoms with E-state index >= 15 is 0 Å². The standard InChI is InChI=1S/C21H30N6/c1-2-7-23-21-24-10-19(11-25-21)15-27-14-18-5-6-20(27)16-26(13-18)12-17-4-3-8-22-9-17/h3-4,8-11,18,20H,2,5-7,12-16H2,1H3,(H,23,24,25)/t18-,20+/m0/s1. The third-order valence-corrected chi connectivity index (χ3v) is 5.66. The first-order chi connectivity index (χ1) is 13.3. The molecule has 2 bridgehead atoms. The maximum absolute atomic E-state index is 4.47. The summed E-state index contributed by atoms with van der Waals surface area (Å²) in [6, 6.07) is 4.84. The van der Waals surface area contributed by atoms with E-state index in [1.54, 1.807) is 0 Å².